The number of H-pyrrole nitrogens is 1. The topological polar surface area (TPSA) is 69.8 Å². The Labute approximate surface area is 167 Å². The van der Waals surface area contributed by atoms with Crippen LogP contribution in [0.4, 0.5) is 10.5 Å². The van der Waals surface area contributed by atoms with Crippen molar-refractivity contribution in [3.8, 4) is 0 Å². The van der Waals surface area contributed by atoms with Crippen LogP contribution < -0.4 is 10.6 Å². The number of nitrogens with zero attached hydrogens (tertiary/aromatic N) is 1. The van der Waals surface area contributed by atoms with Gasteiger partial charge in [0.25, 0.3) is 0 Å². The van der Waals surface area contributed by atoms with Gasteiger partial charge in [-0.15, -0.1) is 0 Å². The second kappa shape index (κ2) is 7.79. The summed E-state index contributed by atoms with van der Waals surface area (Å²) in [4.78, 5) is 20.5. The fourth-order valence-electron chi connectivity index (χ4n) is 3.71. The highest BCUT2D eigenvalue weighted by Gasteiger charge is 2.26. The number of anilines is 1. The molecule has 2 atom stereocenters. The number of benzene rings is 2. The average molecular weight is 403 g/mol. The van der Waals surface area contributed by atoms with E-state index in [-0.39, 0.29) is 12.1 Å². The van der Waals surface area contributed by atoms with Gasteiger partial charge >= 0.3 is 6.03 Å². The second-order valence-electron chi connectivity index (χ2n) is 6.96. The summed E-state index contributed by atoms with van der Waals surface area (Å²) >= 11 is 12.0. The Morgan fingerprint density at radius 1 is 1.11 bits per heavy atom. The van der Waals surface area contributed by atoms with Gasteiger partial charge in [0.2, 0.25) is 0 Å². The molecule has 1 heterocycles. The number of nitrogens with one attached hydrogen (secondary N) is 3. The van der Waals surface area contributed by atoms with E-state index in [1.54, 1.807) is 18.2 Å². The van der Waals surface area contributed by atoms with Crippen molar-refractivity contribution in [3.05, 3.63) is 58.3 Å². The molecular formula is C20H20Cl2N4O. The van der Waals surface area contributed by atoms with Crippen LogP contribution in [-0.2, 0) is 0 Å². The fourth-order valence-corrected chi connectivity index (χ4v) is 4.24. The first-order valence-electron chi connectivity index (χ1n) is 9.05. The van der Waals surface area contributed by atoms with Gasteiger partial charge in [0.15, 0.2) is 0 Å². The summed E-state index contributed by atoms with van der Waals surface area (Å²) in [6.45, 7) is 0. The third kappa shape index (κ3) is 4.37. The minimum atomic E-state index is -0.247. The Bertz CT molecular complexity index is 918. The Morgan fingerprint density at radius 2 is 1.89 bits per heavy atom. The van der Waals surface area contributed by atoms with Crippen molar-refractivity contribution in [3.63, 3.8) is 0 Å². The summed E-state index contributed by atoms with van der Waals surface area (Å²) in [6, 6.07) is 12.9. The van der Waals surface area contributed by atoms with Gasteiger partial charge in [-0.05, 0) is 49.6 Å². The monoisotopic (exact) mass is 402 g/mol. The molecule has 3 N–H and O–H groups in total. The lowest BCUT2D eigenvalue weighted by Gasteiger charge is -2.28. The Hall–Kier alpha value is -2.24. The summed E-state index contributed by atoms with van der Waals surface area (Å²) < 4.78 is 0. The number of aromatic nitrogens is 2. The van der Waals surface area contributed by atoms with Crippen LogP contribution in [0.25, 0.3) is 11.0 Å². The first kappa shape index (κ1) is 18.1. The van der Waals surface area contributed by atoms with Crippen LogP contribution in [0, 0.1) is 0 Å². The van der Waals surface area contributed by atoms with Crippen molar-refractivity contribution in [2.45, 2.75) is 37.6 Å². The van der Waals surface area contributed by atoms with Crippen molar-refractivity contribution in [2.75, 3.05) is 5.32 Å². The van der Waals surface area contributed by atoms with Crippen LogP contribution in [0.1, 0.15) is 37.4 Å². The van der Waals surface area contributed by atoms with Crippen molar-refractivity contribution in [1.82, 2.24) is 15.3 Å². The third-order valence-electron chi connectivity index (χ3n) is 4.92. The molecule has 2 amide bonds. The Balaban J connectivity index is 1.39. The van der Waals surface area contributed by atoms with Crippen LogP contribution in [-0.4, -0.2) is 22.0 Å². The molecule has 0 radical (unpaired) electrons. The molecule has 0 spiro atoms. The third-order valence-corrected chi connectivity index (χ3v) is 5.36. The maximum atomic E-state index is 12.4. The normalized spacial score (nSPS) is 19.8. The zero-order valence-corrected chi connectivity index (χ0v) is 16.1. The van der Waals surface area contributed by atoms with Crippen molar-refractivity contribution in [1.29, 1.82) is 0 Å². The zero-order chi connectivity index (χ0) is 18.8. The van der Waals surface area contributed by atoms with Gasteiger partial charge in [-0.25, -0.2) is 9.78 Å². The summed E-state index contributed by atoms with van der Waals surface area (Å²) in [6.07, 6.45) is 3.95. The standard InChI is InChI=1S/C20H20Cl2N4O/c21-13-9-14(22)11-16(10-13)24-20(27)23-15-5-3-4-12(8-15)19-25-17-6-1-2-7-18(17)26-19/h1-2,6-7,9-12,15H,3-5,8H2,(H,25,26)(H2,23,24,27)/t12-,15?/m0/s1. The van der Waals surface area contributed by atoms with E-state index < -0.39 is 0 Å². The molecule has 1 aliphatic carbocycles. The summed E-state index contributed by atoms with van der Waals surface area (Å²) in [5.41, 5.74) is 2.62. The van der Waals surface area contributed by atoms with Gasteiger partial charge in [0.1, 0.15) is 5.82 Å². The highest BCUT2D eigenvalue weighted by atomic mass is 35.5. The molecule has 0 bridgehead atoms. The number of para-hydroxylation sites is 2. The van der Waals surface area contributed by atoms with Crippen molar-refractivity contribution in [2.24, 2.45) is 0 Å². The SMILES string of the molecule is O=C(Nc1cc(Cl)cc(Cl)c1)NC1CCC[C@H](c2nc3ccccc3[nH]2)C1. The van der Waals surface area contributed by atoms with E-state index in [0.29, 0.717) is 21.7 Å². The molecule has 3 aromatic rings. The van der Waals surface area contributed by atoms with Gasteiger partial charge in [0, 0.05) is 27.7 Å². The summed E-state index contributed by atoms with van der Waals surface area (Å²) in [7, 11) is 0. The number of imidazole rings is 1. The van der Waals surface area contributed by atoms with E-state index in [9.17, 15) is 4.79 Å². The lowest BCUT2D eigenvalue weighted by molar-refractivity contribution is 0.242. The Morgan fingerprint density at radius 3 is 2.67 bits per heavy atom. The average Bonchev–Trinajstić information content (AvgIpc) is 3.05. The molecule has 0 saturated heterocycles. The number of amides is 2. The van der Waals surface area contributed by atoms with E-state index in [1.807, 2.05) is 24.3 Å². The Kier molecular flexibility index (Phi) is 5.23. The number of carbonyl (C=O) groups excluding carboxylic acids is 1. The van der Waals surface area contributed by atoms with Crippen LogP contribution >= 0.6 is 23.2 Å². The molecule has 1 unspecified atom stereocenters. The minimum absolute atomic E-state index is 0.103. The van der Waals surface area contributed by atoms with Gasteiger partial charge in [-0.2, -0.15) is 0 Å². The largest absolute Gasteiger partial charge is 0.342 e. The molecule has 27 heavy (non-hydrogen) atoms. The molecule has 5 nitrogen and oxygen atoms in total. The van der Waals surface area contributed by atoms with Gasteiger partial charge in [-0.1, -0.05) is 41.8 Å². The van der Waals surface area contributed by atoms with Crippen LogP contribution in [0.3, 0.4) is 0 Å². The number of hydrogen-bond acceptors (Lipinski definition) is 2. The number of rotatable bonds is 3. The van der Waals surface area contributed by atoms with Gasteiger partial charge in [-0.3, -0.25) is 0 Å². The first-order valence-corrected chi connectivity index (χ1v) is 9.80. The first-order chi connectivity index (χ1) is 13.1. The number of urea groups is 1. The molecule has 1 aromatic heterocycles. The maximum absolute atomic E-state index is 12.4. The lowest BCUT2D eigenvalue weighted by Crippen LogP contribution is -2.40. The predicted molar refractivity (Wildman–Crippen MR) is 110 cm³/mol. The molecule has 1 aliphatic rings. The van der Waals surface area contributed by atoms with Crippen LogP contribution in [0.15, 0.2) is 42.5 Å². The molecule has 7 heteroatoms. The molecule has 0 aliphatic heterocycles. The quantitative estimate of drug-likeness (QED) is 0.524. The van der Waals surface area contributed by atoms with E-state index in [2.05, 4.69) is 15.6 Å². The maximum Gasteiger partial charge on any atom is 0.319 e. The zero-order valence-electron chi connectivity index (χ0n) is 14.6. The highest BCUT2D eigenvalue weighted by Crippen LogP contribution is 2.32. The molecule has 140 valence electrons. The van der Waals surface area contributed by atoms with Gasteiger partial charge < -0.3 is 15.6 Å². The number of carbonyl (C=O) groups is 1. The van der Waals surface area contributed by atoms with Gasteiger partial charge in [0.05, 0.1) is 11.0 Å². The number of aromatic amines is 1. The minimum Gasteiger partial charge on any atom is -0.342 e. The van der Waals surface area contributed by atoms with E-state index in [1.165, 1.54) is 0 Å². The smallest absolute Gasteiger partial charge is 0.319 e. The lowest BCUT2D eigenvalue weighted by atomic mass is 9.85. The molecule has 1 fully saturated rings. The predicted octanol–water partition coefficient (Wildman–Crippen LogP) is 5.72. The fraction of sp³-hybridized carbons (Fsp3) is 0.300. The van der Waals surface area contributed by atoms with Crippen molar-refractivity contribution < 1.29 is 4.79 Å². The summed E-state index contributed by atoms with van der Waals surface area (Å²) in [5, 5.41) is 6.84. The number of fused-ring (bicyclic) bond motifs is 1. The summed E-state index contributed by atoms with van der Waals surface area (Å²) in [5.74, 6) is 1.32. The molecule has 1 saturated carbocycles. The van der Waals surface area contributed by atoms with Crippen LogP contribution in [0.2, 0.25) is 10.0 Å². The van der Waals surface area contributed by atoms with E-state index >= 15 is 0 Å². The highest BCUT2D eigenvalue weighted by molar-refractivity contribution is 6.35. The van der Waals surface area contributed by atoms with Crippen molar-refractivity contribution >= 4 is 46.0 Å². The molecule has 4 rings (SSSR count). The van der Waals surface area contributed by atoms with E-state index in [0.717, 1.165) is 42.5 Å². The van der Waals surface area contributed by atoms with Crippen LogP contribution in [0.5, 0.6) is 0 Å². The second-order valence-corrected chi connectivity index (χ2v) is 7.83. The number of hydrogen-bond donors (Lipinski definition) is 3. The molecule has 2 aromatic carbocycles. The number of halogens is 2. The molecular weight excluding hydrogens is 383 g/mol. The van der Waals surface area contributed by atoms with E-state index in [4.69, 9.17) is 28.2 Å².